The predicted octanol–water partition coefficient (Wildman–Crippen LogP) is 3.30. The van der Waals surface area contributed by atoms with Crippen molar-refractivity contribution in [3.63, 3.8) is 0 Å². The number of benzene rings is 2. The van der Waals surface area contributed by atoms with Crippen molar-refractivity contribution < 1.29 is 13.5 Å². The largest absolute Gasteiger partial charge is 0.387 e. The second-order valence-corrected chi connectivity index (χ2v) is 7.66. The Morgan fingerprint density at radius 3 is 2.43 bits per heavy atom. The predicted molar refractivity (Wildman–Crippen MR) is 85.1 cm³/mol. The van der Waals surface area contributed by atoms with Gasteiger partial charge in [0.15, 0.2) is 9.84 Å². The number of rotatable bonds is 5. The fourth-order valence-corrected chi connectivity index (χ4v) is 3.74. The van der Waals surface area contributed by atoms with Crippen molar-refractivity contribution in [2.24, 2.45) is 0 Å². The third kappa shape index (κ3) is 4.84. The normalized spacial score (nSPS) is 13.1. The maximum atomic E-state index is 12.2. The van der Waals surface area contributed by atoms with E-state index in [1.807, 2.05) is 25.1 Å². The number of sulfone groups is 1. The van der Waals surface area contributed by atoms with Crippen molar-refractivity contribution in [2.45, 2.75) is 18.8 Å². The Bertz CT molecular complexity index is 709. The Hall–Kier alpha value is -1.36. The molecule has 0 heterocycles. The van der Waals surface area contributed by atoms with Crippen LogP contribution in [0.5, 0.6) is 0 Å². The standard InChI is InChI=1S/C16H17ClO3S/c1-12-3-2-4-13(9-12)10-21(19,20)11-16(18)14-5-7-15(17)8-6-14/h2-9,16,18H,10-11H2,1H3. The molecule has 1 atom stereocenters. The van der Waals surface area contributed by atoms with E-state index < -0.39 is 15.9 Å². The van der Waals surface area contributed by atoms with Gasteiger partial charge in [-0.25, -0.2) is 8.42 Å². The minimum Gasteiger partial charge on any atom is -0.387 e. The Morgan fingerprint density at radius 2 is 1.81 bits per heavy atom. The number of aryl methyl sites for hydroxylation is 1. The topological polar surface area (TPSA) is 54.4 Å². The van der Waals surface area contributed by atoms with Crippen molar-refractivity contribution in [1.29, 1.82) is 0 Å². The second-order valence-electron chi connectivity index (χ2n) is 5.11. The molecule has 2 aromatic rings. The summed E-state index contributed by atoms with van der Waals surface area (Å²) in [6.45, 7) is 1.92. The van der Waals surface area contributed by atoms with E-state index in [1.54, 1.807) is 30.3 Å². The van der Waals surface area contributed by atoms with Gasteiger partial charge in [-0.2, -0.15) is 0 Å². The zero-order valence-corrected chi connectivity index (χ0v) is 13.2. The Morgan fingerprint density at radius 1 is 1.14 bits per heavy atom. The van der Waals surface area contributed by atoms with E-state index in [4.69, 9.17) is 11.6 Å². The van der Waals surface area contributed by atoms with Crippen LogP contribution in [0.1, 0.15) is 22.8 Å². The smallest absolute Gasteiger partial charge is 0.157 e. The molecule has 0 radical (unpaired) electrons. The van der Waals surface area contributed by atoms with Crippen LogP contribution < -0.4 is 0 Å². The minimum absolute atomic E-state index is 0.0701. The van der Waals surface area contributed by atoms with Gasteiger partial charge in [0.05, 0.1) is 17.6 Å². The summed E-state index contributed by atoms with van der Waals surface area (Å²) in [7, 11) is -3.39. The van der Waals surface area contributed by atoms with Gasteiger partial charge >= 0.3 is 0 Å². The summed E-state index contributed by atoms with van der Waals surface area (Å²) in [4.78, 5) is 0. The molecule has 21 heavy (non-hydrogen) atoms. The second kappa shape index (κ2) is 6.60. The first-order chi connectivity index (χ1) is 9.85. The van der Waals surface area contributed by atoms with Gasteiger partial charge in [0, 0.05) is 5.02 Å². The van der Waals surface area contributed by atoms with E-state index in [0.717, 1.165) is 11.1 Å². The van der Waals surface area contributed by atoms with E-state index in [9.17, 15) is 13.5 Å². The minimum atomic E-state index is -3.39. The summed E-state index contributed by atoms with van der Waals surface area (Å²) >= 11 is 5.77. The van der Waals surface area contributed by atoms with Crippen LogP contribution in [0, 0.1) is 6.92 Å². The fraction of sp³-hybridized carbons (Fsp3) is 0.250. The fourth-order valence-electron chi connectivity index (χ4n) is 2.14. The van der Waals surface area contributed by atoms with Gasteiger partial charge in [-0.15, -0.1) is 0 Å². The maximum absolute atomic E-state index is 12.2. The van der Waals surface area contributed by atoms with Gasteiger partial charge in [0.1, 0.15) is 0 Å². The molecule has 0 saturated carbocycles. The third-order valence-corrected chi connectivity index (χ3v) is 4.98. The van der Waals surface area contributed by atoms with E-state index >= 15 is 0 Å². The molecule has 0 aliphatic carbocycles. The van der Waals surface area contributed by atoms with Crippen LogP contribution in [0.2, 0.25) is 5.02 Å². The maximum Gasteiger partial charge on any atom is 0.157 e. The molecule has 2 aromatic carbocycles. The molecule has 112 valence electrons. The first-order valence-corrected chi connectivity index (χ1v) is 8.75. The Kier molecular flexibility index (Phi) is 5.04. The highest BCUT2D eigenvalue weighted by Crippen LogP contribution is 2.20. The lowest BCUT2D eigenvalue weighted by atomic mass is 10.1. The van der Waals surface area contributed by atoms with Crippen molar-refractivity contribution in [3.05, 3.63) is 70.2 Å². The third-order valence-electron chi connectivity index (χ3n) is 3.14. The first kappa shape index (κ1) is 16.0. The molecule has 3 nitrogen and oxygen atoms in total. The molecule has 2 rings (SSSR count). The van der Waals surface area contributed by atoms with Crippen LogP contribution in [0.15, 0.2) is 48.5 Å². The molecular formula is C16H17ClO3S. The Labute approximate surface area is 130 Å². The van der Waals surface area contributed by atoms with Crippen LogP contribution in [-0.2, 0) is 15.6 Å². The average Bonchev–Trinajstić information content (AvgIpc) is 2.38. The van der Waals surface area contributed by atoms with Gasteiger partial charge in [0.2, 0.25) is 0 Å². The SMILES string of the molecule is Cc1cccc(CS(=O)(=O)CC(O)c2ccc(Cl)cc2)c1. The highest BCUT2D eigenvalue weighted by molar-refractivity contribution is 7.90. The summed E-state index contributed by atoms with van der Waals surface area (Å²) in [6.07, 6.45) is -1.04. The quantitative estimate of drug-likeness (QED) is 0.918. The molecule has 0 amide bonds. The summed E-state index contributed by atoms with van der Waals surface area (Å²) in [6, 6.07) is 13.9. The van der Waals surface area contributed by atoms with Crippen molar-refractivity contribution in [2.75, 3.05) is 5.75 Å². The molecule has 0 fully saturated rings. The van der Waals surface area contributed by atoms with Crippen LogP contribution in [0.25, 0.3) is 0 Å². The first-order valence-electron chi connectivity index (χ1n) is 6.55. The lowest BCUT2D eigenvalue weighted by Gasteiger charge is -2.12. The highest BCUT2D eigenvalue weighted by atomic mass is 35.5. The van der Waals surface area contributed by atoms with Crippen LogP contribution in [0.4, 0.5) is 0 Å². The molecule has 1 N–H and O–H groups in total. The van der Waals surface area contributed by atoms with Crippen molar-refractivity contribution >= 4 is 21.4 Å². The Balaban J connectivity index is 2.08. The molecule has 0 spiro atoms. The zero-order chi connectivity index (χ0) is 15.5. The van der Waals surface area contributed by atoms with Crippen LogP contribution in [-0.4, -0.2) is 19.3 Å². The van der Waals surface area contributed by atoms with Gasteiger partial charge in [0.25, 0.3) is 0 Å². The molecule has 0 saturated heterocycles. The van der Waals surface area contributed by atoms with E-state index in [-0.39, 0.29) is 11.5 Å². The number of aliphatic hydroxyl groups is 1. The van der Waals surface area contributed by atoms with Crippen molar-refractivity contribution in [3.8, 4) is 0 Å². The van der Waals surface area contributed by atoms with Crippen LogP contribution in [0.3, 0.4) is 0 Å². The molecule has 0 aliphatic heterocycles. The summed E-state index contributed by atoms with van der Waals surface area (Å²) < 4.78 is 24.4. The van der Waals surface area contributed by atoms with E-state index in [0.29, 0.717) is 10.6 Å². The lowest BCUT2D eigenvalue weighted by molar-refractivity contribution is 0.201. The van der Waals surface area contributed by atoms with Gasteiger partial charge in [-0.05, 0) is 30.2 Å². The lowest BCUT2D eigenvalue weighted by Crippen LogP contribution is -2.16. The number of hydrogen-bond acceptors (Lipinski definition) is 3. The summed E-state index contributed by atoms with van der Waals surface area (Å²) in [5.41, 5.74) is 2.30. The van der Waals surface area contributed by atoms with Gasteiger partial charge in [-0.1, -0.05) is 53.6 Å². The molecule has 5 heteroatoms. The summed E-state index contributed by atoms with van der Waals surface area (Å²) in [5, 5.41) is 10.6. The number of aliphatic hydroxyl groups excluding tert-OH is 1. The number of hydrogen-bond donors (Lipinski definition) is 1. The highest BCUT2D eigenvalue weighted by Gasteiger charge is 2.19. The monoisotopic (exact) mass is 324 g/mol. The number of halogens is 1. The molecule has 0 aliphatic rings. The average molecular weight is 325 g/mol. The van der Waals surface area contributed by atoms with E-state index in [1.165, 1.54) is 0 Å². The molecular weight excluding hydrogens is 308 g/mol. The summed E-state index contributed by atoms with van der Waals surface area (Å²) in [5.74, 6) is -0.373. The molecule has 0 bridgehead atoms. The van der Waals surface area contributed by atoms with Crippen LogP contribution >= 0.6 is 11.6 Å². The molecule has 0 aromatic heterocycles. The zero-order valence-electron chi connectivity index (χ0n) is 11.7. The molecule has 1 unspecified atom stereocenters. The van der Waals surface area contributed by atoms with Gasteiger partial charge < -0.3 is 5.11 Å². The van der Waals surface area contributed by atoms with Gasteiger partial charge in [-0.3, -0.25) is 0 Å². The van der Waals surface area contributed by atoms with E-state index in [2.05, 4.69) is 0 Å². The van der Waals surface area contributed by atoms with Crippen molar-refractivity contribution in [1.82, 2.24) is 0 Å².